The monoisotopic (exact) mass is 276 g/mol. The lowest BCUT2D eigenvalue weighted by Crippen LogP contribution is -2.16. The Labute approximate surface area is 116 Å². The van der Waals surface area contributed by atoms with Crippen LogP contribution in [0.3, 0.4) is 0 Å². The zero-order valence-corrected chi connectivity index (χ0v) is 12.0. The fourth-order valence-corrected chi connectivity index (χ4v) is 2.61. The van der Waals surface area contributed by atoms with E-state index in [0.29, 0.717) is 5.69 Å². The van der Waals surface area contributed by atoms with Crippen molar-refractivity contribution < 1.29 is 9.53 Å². The van der Waals surface area contributed by atoms with Gasteiger partial charge in [-0.2, -0.15) is 0 Å². The molecule has 0 saturated heterocycles. The molecule has 0 amide bonds. The summed E-state index contributed by atoms with van der Waals surface area (Å²) < 4.78 is 4.72. The third-order valence-electron chi connectivity index (χ3n) is 2.75. The van der Waals surface area contributed by atoms with Gasteiger partial charge in [0, 0.05) is 18.5 Å². The number of benzene rings is 1. The highest BCUT2D eigenvalue weighted by atomic mass is 32.1. The lowest BCUT2D eigenvalue weighted by molar-refractivity contribution is 0.0594. The Morgan fingerprint density at radius 3 is 2.68 bits per heavy atom. The number of ether oxygens (including phenoxy) is 1. The quantitative estimate of drug-likeness (QED) is 0.805. The van der Waals surface area contributed by atoms with Crippen LogP contribution in [-0.2, 0) is 11.3 Å². The average molecular weight is 276 g/mol. The number of aromatic nitrogens is 1. The van der Waals surface area contributed by atoms with Gasteiger partial charge in [-0.15, -0.1) is 11.3 Å². The van der Waals surface area contributed by atoms with E-state index in [1.54, 1.807) is 0 Å². The van der Waals surface area contributed by atoms with Gasteiger partial charge >= 0.3 is 5.97 Å². The molecule has 2 rings (SSSR count). The Hall–Kier alpha value is -1.88. The van der Waals surface area contributed by atoms with Gasteiger partial charge in [-0.1, -0.05) is 30.3 Å². The van der Waals surface area contributed by atoms with Crippen LogP contribution in [0, 0.1) is 6.92 Å². The second-order valence-corrected chi connectivity index (χ2v) is 5.42. The van der Waals surface area contributed by atoms with E-state index in [-0.39, 0.29) is 5.97 Å². The van der Waals surface area contributed by atoms with E-state index >= 15 is 0 Å². The number of thiazole rings is 1. The molecule has 5 heteroatoms. The molecule has 0 fully saturated rings. The van der Waals surface area contributed by atoms with Crippen LogP contribution in [0.1, 0.15) is 20.9 Å². The van der Waals surface area contributed by atoms with E-state index in [9.17, 15) is 4.79 Å². The number of methoxy groups -OCH3 is 1. The molecule has 0 N–H and O–H groups in total. The Kier molecular flexibility index (Phi) is 4.16. The summed E-state index contributed by atoms with van der Waals surface area (Å²) in [7, 11) is 3.33. The fourth-order valence-electron chi connectivity index (χ4n) is 1.76. The normalized spacial score (nSPS) is 10.3. The highest BCUT2D eigenvalue weighted by Crippen LogP contribution is 2.26. The Morgan fingerprint density at radius 2 is 2.05 bits per heavy atom. The number of aryl methyl sites for hydroxylation is 1. The standard InChI is InChI=1S/C14H16N2O2S/c1-10-12(13(17)18-3)15-14(19-10)16(2)9-11-7-5-4-6-8-11/h4-8H,9H2,1-3H3. The van der Waals surface area contributed by atoms with Crippen LogP contribution >= 0.6 is 11.3 Å². The molecule has 1 heterocycles. The molecule has 100 valence electrons. The van der Waals surface area contributed by atoms with Crippen LogP contribution in [-0.4, -0.2) is 25.1 Å². The second kappa shape index (κ2) is 5.84. The van der Waals surface area contributed by atoms with E-state index in [1.807, 2.05) is 37.1 Å². The SMILES string of the molecule is COC(=O)c1nc(N(C)Cc2ccccc2)sc1C. The molecule has 0 aliphatic carbocycles. The van der Waals surface area contributed by atoms with Crippen LogP contribution in [0.4, 0.5) is 5.13 Å². The molecule has 0 spiro atoms. The molecule has 0 atom stereocenters. The van der Waals surface area contributed by atoms with Gasteiger partial charge in [0.05, 0.1) is 7.11 Å². The number of hydrogen-bond acceptors (Lipinski definition) is 5. The minimum absolute atomic E-state index is 0.381. The molecular formula is C14H16N2O2S. The third-order valence-corrected chi connectivity index (χ3v) is 3.84. The largest absolute Gasteiger partial charge is 0.464 e. The van der Waals surface area contributed by atoms with Crippen LogP contribution in [0.15, 0.2) is 30.3 Å². The Balaban J connectivity index is 2.16. The summed E-state index contributed by atoms with van der Waals surface area (Å²) in [6.07, 6.45) is 0. The number of carbonyl (C=O) groups is 1. The van der Waals surface area contributed by atoms with Gasteiger partial charge in [0.15, 0.2) is 10.8 Å². The summed E-state index contributed by atoms with van der Waals surface area (Å²) in [5.41, 5.74) is 1.61. The maximum atomic E-state index is 11.5. The predicted molar refractivity (Wildman–Crippen MR) is 76.7 cm³/mol. The van der Waals surface area contributed by atoms with Crippen molar-refractivity contribution in [3.05, 3.63) is 46.5 Å². The molecule has 0 radical (unpaired) electrons. The zero-order chi connectivity index (χ0) is 13.8. The van der Waals surface area contributed by atoms with E-state index in [4.69, 9.17) is 4.74 Å². The van der Waals surface area contributed by atoms with E-state index < -0.39 is 0 Å². The van der Waals surface area contributed by atoms with Gasteiger partial charge in [0.2, 0.25) is 0 Å². The van der Waals surface area contributed by atoms with Crippen molar-refractivity contribution in [3.8, 4) is 0 Å². The lowest BCUT2D eigenvalue weighted by Gasteiger charge is -2.15. The highest BCUT2D eigenvalue weighted by Gasteiger charge is 2.17. The molecular weight excluding hydrogens is 260 g/mol. The molecule has 0 saturated carbocycles. The first-order chi connectivity index (χ1) is 9.11. The molecule has 0 bridgehead atoms. The smallest absolute Gasteiger partial charge is 0.357 e. The fraction of sp³-hybridized carbons (Fsp3) is 0.286. The summed E-state index contributed by atoms with van der Waals surface area (Å²) >= 11 is 1.50. The minimum atomic E-state index is -0.381. The van der Waals surface area contributed by atoms with E-state index in [1.165, 1.54) is 24.0 Å². The first-order valence-electron chi connectivity index (χ1n) is 5.92. The molecule has 0 aliphatic rings. The topological polar surface area (TPSA) is 42.4 Å². The summed E-state index contributed by atoms with van der Waals surface area (Å²) in [4.78, 5) is 18.8. The number of rotatable bonds is 4. The summed E-state index contributed by atoms with van der Waals surface area (Å²) in [6, 6.07) is 10.1. The Bertz CT molecular complexity index is 566. The summed E-state index contributed by atoms with van der Waals surface area (Å²) in [5.74, 6) is -0.381. The summed E-state index contributed by atoms with van der Waals surface area (Å²) in [6.45, 7) is 2.64. The van der Waals surface area contributed by atoms with Crippen LogP contribution in [0.25, 0.3) is 0 Å². The average Bonchev–Trinajstić information content (AvgIpc) is 2.81. The van der Waals surface area contributed by atoms with E-state index in [2.05, 4.69) is 17.1 Å². The first-order valence-corrected chi connectivity index (χ1v) is 6.74. The van der Waals surface area contributed by atoms with Crippen LogP contribution in [0.2, 0.25) is 0 Å². The Morgan fingerprint density at radius 1 is 1.37 bits per heavy atom. The van der Waals surface area contributed by atoms with E-state index in [0.717, 1.165) is 16.6 Å². The van der Waals surface area contributed by atoms with Gasteiger partial charge in [-0.25, -0.2) is 9.78 Å². The second-order valence-electron chi connectivity index (χ2n) is 4.23. The van der Waals surface area contributed by atoms with Crippen LogP contribution in [0.5, 0.6) is 0 Å². The number of hydrogen-bond donors (Lipinski definition) is 0. The van der Waals surface area contributed by atoms with Gasteiger partial charge < -0.3 is 9.64 Å². The molecule has 4 nitrogen and oxygen atoms in total. The van der Waals surface area contributed by atoms with Gasteiger partial charge in [0.1, 0.15) is 0 Å². The van der Waals surface area contributed by atoms with Crippen molar-refractivity contribution in [2.45, 2.75) is 13.5 Å². The zero-order valence-electron chi connectivity index (χ0n) is 11.2. The highest BCUT2D eigenvalue weighted by molar-refractivity contribution is 7.15. The number of anilines is 1. The molecule has 19 heavy (non-hydrogen) atoms. The van der Waals surface area contributed by atoms with Gasteiger partial charge in [-0.3, -0.25) is 0 Å². The van der Waals surface area contributed by atoms with Gasteiger partial charge in [0.25, 0.3) is 0 Å². The number of esters is 1. The minimum Gasteiger partial charge on any atom is -0.464 e. The van der Waals surface area contributed by atoms with Crippen molar-refractivity contribution in [1.82, 2.24) is 4.98 Å². The molecule has 2 aromatic rings. The number of carbonyl (C=O) groups excluding carboxylic acids is 1. The van der Waals surface area contributed by atoms with Gasteiger partial charge in [-0.05, 0) is 12.5 Å². The molecule has 0 aliphatic heterocycles. The molecule has 1 aromatic heterocycles. The number of nitrogens with zero attached hydrogens (tertiary/aromatic N) is 2. The summed E-state index contributed by atoms with van der Waals surface area (Å²) in [5, 5.41) is 0.821. The van der Waals surface area contributed by atoms with Crippen molar-refractivity contribution in [2.75, 3.05) is 19.1 Å². The lowest BCUT2D eigenvalue weighted by atomic mass is 10.2. The third kappa shape index (κ3) is 3.12. The first kappa shape index (κ1) is 13.5. The van der Waals surface area contributed by atoms with Crippen molar-refractivity contribution in [1.29, 1.82) is 0 Å². The molecule has 1 aromatic carbocycles. The van der Waals surface area contributed by atoms with Crippen LogP contribution < -0.4 is 4.90 Å². The maximum absolute atomic E-state index is 11.5. The van der Waals surface area contributed by atoms with Crippen molar-refractivity contribution >= 4 is 22.4 Å². The van der Waals surface area contributed by atoms with Crippen molar-refractivity contribution in [3.63, 3.8) is 0 Å². The van der Waals surface area contributed by atoms with Crippen molar-refractivity contribution in [2.24, 2.45) is 0 Å². The maximum Gasteiger partial charge on any atom is 0.357 e. The molecule has 0 unspecified atom stereocenters. The predicted octanol–water partition coefficient (Wildman–Crippen LogP) is 2.87.